The summed E-state index contributed by atoms with van der Waals surface area (Å²) in [6, 6.07) is 10.1. The number of rotatable bonds is 5. The van der Waals surface area contributed by atoms with Gasteiger partial charge >= 0.3 is 0 Å². The zero-order valence-electron chi connectivity index (χ0n) is 15.3. The summed E-state index contributed by atoms with van der Waals surface area (Å²) in [4.78, 5) is 25.9. The lowest BCUT2D eigenvalue weighted by molar-refractivity contribution is -0.123. The largest absolute Gasteiger partial charge is 0.326 e. The average Bonchev–Trinajstić information content (AvgIpc) is 3.03. The number of benzene rings is 2. The van der Waals surface area contributed by atoms with E-state index in [2.05, 4.69) is 5.32 Å². The maximum atomic E-state index is 14.2. The fourth-order valence-electron chi connectivity index (χ4n) is 2.70. The van der Waals surface area contributed by atoms with E-state index < -0.39 is 22.4 Å². The van der Waals surface area contributed by atoms with Crippen molar-refractivity contribution >= 4 is 46.6 Å². The van der Waals surface area contributed by atoms with Gasteiger partial charge in [-0.1, -0.05) is 12.1 Å². The zero-order chi connectivity index (χ0) is 20.5. The van der Waals surface area contributed by atoms with Crippen LogP contribution >= 0.6 is 23.4 Å². The fourth-order valence-corrected chi connectivity index (χ4v) is 3.99. The van der Waals surface area contributed by atoms with Gasteiger partial charge in [0.1, 0.15) is 17.0 Å². The number of carbonyl (C=O) groups excluding carboxylic acids is 2. The van der Waals surface area contributed by atoms with Gasteiger partial charge in [-0.15, -0.1) is 23.4 Å². The smallest absolute Gasteiger partial charge is 0.238 e. The van der Waals surface area contributed by atoms with Crippen molar-refractivity contribution in [3.63, 3.8) is 0 Å². The molecule has 1 heterocycles. The summed E-state index contributed by atoms with van der Waals surface area (Å²) in [7, 11) is 0. The molecular weight excluding hydrogens is 406 g/mol. The van der Waals surface area contributed by atoms with Gasteiger partial charge in [0, 0.05) is 17.6 Å². The molecule has 2 amide bonds. The number of nitrogens with one attached hydrogen (secondary N) is 1. The monoisotopic (exact) mass is 424 g/mol. The highest BCUT2D eigenvalue weighted by Crippen LogP contribution is 2.42. The summed E-state index contributed by atoms with van der Waals surface area (Å²) < 4.78 is 27.4. The lowest BCUT2D eigenvalue weighted by atomic mass is 9.95. The zero-order valence-corrected chi connectivity index (χ0v) is 16.9. The van der Waals surface area contributed by atoms with Crippen LogP contribution in [0.25, 0.3) is 0 Å². The van der Waals surface area contributed by atoms with Gasteiger partial charge in [0.15, 0.2) is 0 Å². The molecule has 1 atom stereocenters. The summed E-state index contributed by atoms with van der Waals surface area (Å²) in [5.74, 6) is -1.54. The Morgan fingerprint density at radius 2 is 1.93 bits per heavy atom. The van der Waals surface area contributed by atoms with Gasteiger partial charge in [-0.2, -0.15) is 0 Å². The van der Waals surface area contributed by atoms with Crippen molar-refractivity contribution in [2.24, 2.45) is 5.41 Å². The molecule has 0 radical (unpaired) electrons. The van der Waals surface area contributed by atoms with Crippen molar-refractivity contribution in [2.75, 3.05) is 21.8 Å². The number of anilines is 2. The van der Waals surface area contributed by atoms with E-state index in [0.717, 1.165) is 17.7 Å². The van der Waals surface area contributed by atoms with Crippen molar-refractivity contribution in [3.8, 4) is 0 Å². The molecule has 0 saturated carbocycles. The van der Waals surface area contributed by atoms with Crippen LogP contribution in [0.1, 0.15) is 24.8 Å². The van der Waals surface area contributed by atoms with Crippen LogP contribution in [0.3, 0.4) is 0 Å². The Kier molecular flexibility index (Phi) is 5.95. The normalized spacial score (nSPS) is 17.1. The first-order chi connectivity index (χ1) is 13.2. The van der Waals surface area contributed by atoms with Crippen LogP contribution in [0.5, 0.6) is 0 Å². The molecule has 8 heteroatoms. The molecule has 0 bridgehead atoms. The Bertz CT molecular complexity index is 906. The minimum Gasteiger partial charge on any atom is -0.326 e. The van der Waals surface area contributed by atoms with E-state index in [0.29, 0.717) is 5.69 Å². The summed E-state index contributed by atoms with van der Waals surface area (Å²) in [5, 5.41) is 2.37. The van der Waals surface area contributed by atoms with E-state index in [1.807, 2.05) is 0 Å². The van der Waals surface area contributed by atoms with Crippen molar-refractivity contribution in [3.05, 3.63) is 59.7 Å². The molecule has 0 spiro atoms. The number of amides is 2. The quantitative estimate of drug-likeness (QED) is 0.691. The van der Waals surface area contributed by atoms with Crippen molar-refractivity contribution in [2.45, 2.75) is 19.2 Å². The third-order valence-corrected chi connectivity index (χ3v) is 6.32. The molecule has 1 aliphatic heterocycles. The van der Waals surface area contributed by atoms with Crippen LogP contribution in [-0.2, 0) is 9.59 Å². The molecule has 148 valence electrons. The Morgan fingerprint density at radius 3 is 2.54 bits per heavy atom. The highest BCUT2D eigenvalue weighted by Gasteiger charge is 2.35. The third kappa shape index (κ3) is 4.15. The summed E-state index contributed by atoms with van der Waals surface area (Å²) in [6.07, 6.45) is 0. The van der Waals surface area contributed by atoms with Crippen molar-refractivity contribution in [1.29, 1.82) is 0 Å². The van der Waals surface area contributed by atoms with Crippen LogP contribution < -0.4 is 10.2 Å². The Balaban J connectivity index is 1.82. The molecule has 0 unspecified atom stereocenters. The standard InChI is InChI=1S/C20H19ClF2N2O2S/c1-20(2,11-21)19(27)24-14-6-3-12(4-7-14)18-25(17(26)10-28-18)16-8-5-13(22)9-15(16)23/h3-9,18H,10-11H2,1-2H3,(H,24,27)/t18-/m1/s1. The Labute approximate surface area is 171 Å². The molecule has 1 aliphatic rings. The molecule has 2 aromatic carbocycles. The van der Waals surface area contributed by atoms with E-state index in [1.54, 1.807) is 38.1 Å². The van der Waals surface area contributed by atoms with Gasteiger partial charge < -0.3 is 5.32 Å². The molecule has 4 nitrogen and oxygen atoms in total. The Morgan fingerprint density at radius 1 is 1.25 bits per heavy atom. The van der Waals surface area contributed by atoms with Gasteiger partial charge in [0.05, 0.1) is 16.9 Å². The molecule has 0 aliphatic carbocycles. The maximum Gasteiger partial charge on any atom is 0.238 e. The predicted molar refractivity (Wildman–Crippen MR) is 109 cm³/mol. The summed E-state index contributed by atoms with van der Waals surface area (Å²) >= 11 is 7.18. The van der Waals surface area contributed by atoms with Crippen molar-refractivity contribution in [1.82, 2.24) is 0 Å². The topological polar surface area (TPSA) is 49.4 Å². The summed E-state index contributed by atoms with van der Waals surface area (Å²) in [5.41, 5.74) is 0.711. The number of alkyl halides is 1. The number of hydrogen-bond acceptors (Lipinski definition) is 3. The molecule has 0 aromatic heterocycles. The van der Waals surface area contributed by atoms with Gasteiger partial charge in [-0.05, 0) is 43.7 Å². The van der Waals surface area contributed by atoms with Crippen LogP contribution in [-0.4, -0.2) is 23.4 Å². The SMILES string of the molecule is CC(C)(CCl)C(=O)Nc1ccc([C@H]2SCC(=O)N2c2ccc(F)cc2F)cc1. The lowest BCUT2D eigenvalue weighted by Gasteiger charge is -2.25. The number of thioether (sulfide) groups is 1. The molecule has 2 aromatic rings. The molecule has 3 rings (SSSR count). The molecule has 1 fully saturated rings. The fraction of sp³-hybridized carbons (Fsp3) is 0.300. The first-order valence-corrected chi connectivity index (χ1v) is 10.2. The molecule has 1 saturated heterocycles. The van der Waals surface area contributed by atoms with E-state index in [-0.39, 0.29) is 29.1 Å². The first kappa shape index (κ1) is 20.6. The minimum absolute atomic E-state index is 0.0441. The second-order valence-electron chi connectivity index (χ2n) is 7.12. The van der Waals surface area contributed by atoms with E-state index in [9.17, 15) is 18.4 Å². The van der Waals surface area contributed by atoms with E-state index in [4.69, 9.17) is 11.6 Å². The number of carbonyl (C=O) groups is 2. The van der Waals surface area contributed by atoms with Gasteiger partial charge in [0.25, 0.3) is 0 Å². The van der Waals surface area contributed by atoms with Crippen LogP contribution in [0, 0.1) is 17.0 Å². The molecular formula is C20H19ClF2N2O2S. The van der Waals surface area contributed by atoms with Gasteiger partial charge in [0.2, 0.25) is 11.8 Å². The van der Waals surface area contributed by atoms with Crippen molar-refractivity contribution < 1.29 is 18.4 Å². The number of halogens is 3. The lowest BCUT2D eigenvalue weighted by Crippen LogP contribution is -2.32. The third-order valence-electron chi connectivity index (χ3n) is 4.44. The first-order valence-electron chi connectivity index (χ1n) is 8.59. The van der Waals surface area contributed by atoms with Crippen LogP contribution in [0.4, 0.5) is 20.2 Å². The van der Waals surface area contributed by atoms with Gasteiger partial charge in [-0.25, -0.2) is 8.78 Å². The van der Waals surface area contributed by atoms with Crippen LogP contribution in [0.2, 0.25) is 0 Å². The molecule has 1 N–H and O–H groups in total. The van der Waals surface area contributed by atoms with Crippen LogP contribution in [0.15, 0.2) is 42.5 Å². The number of nitrogens with zero attached hydrogens (tertiary/aromatic N) is 1. The molecule has 28 heavy (non-hydrogen) atoms. The highest BCUT2D eigenvalue weighted by molar-refractivity contribution is 8.00. The van der Waals surface area contributed by atoms with Gasteiger partial charge in [-0.3, -0.25) is 14.5 Å². The van der Waals surface area contributed by atoms with E-state index >= 15 is 0 Å². The summed E-state index contributed by atoms with van der Waals surface area (Å²) in [6.45, 7) is 3.50. The second kappa shape index (κ2) is 8.09. The Hall–Kier alpha value is -2.12. The minimum atomic E-state index is -0.784. The number of hydrogen-bond donors (Lipinski definition) is 1. The maximum absolute atomic E-state index is 14.2. The average molecular weight is 425 g/mol. The highest BCUT2D eigenvalue weighted by atomic mass is 35.5. The second-order valence-corrected chi connectivity index (χ2v) is 8.45. The van der Waals surface area contributed by atoms with E-state index in [1.165, 1.54) is 22.7 Å². The predicted octanol–water partition coefficient (Wildman–Crippen LogP) is 4.95.